The van der Waals surface area contributed by atoms with Gasteiger partial charge < -0.3 is 9.47 Å². The molecule has 0 saturated carbocycles. The zero-order chi connectivity index (χ0) is 24.1. The zero-order valence-electron chi connectivity index (χ0n) is 20.8. The van der Waals surface area contributed by atoms with Crippen molar-refractivity contribution in [3.05, 3.63) is 70.8 Å². The standard InChI is InChI=1S/C29H40O4/c1-22(2)26-16-12-10-14-24(26)20-32-28(30)18-8-6-5-7-9-19-29(31)33-21-25-15-11-13-17-27(25)23(3)4/h10-17,22-23H,5-9,18-21H2,1-4H3. The Bertz CT molecular complexity index is 798. The Morgan fingerprint density at radius 2 is 0.970 bits per heavy atom. The van der Waals surface area contributed by atoms with E-state index in [1.807, 2.05) is 36.4 Å². The van der Waals surface area contributed by atoms with E-state index in [1.165, 1.54) is 11.1 Å². The molecule has 0 N–H and O–H groups in total. The lowest BCUT2D eigenvalue weighted by atomic mass is 9.98. The summed E-state index contributed by atoms with van der Waals surface area (Å²) < 4.78 is 10.9. The van der Waals surface area contributed by atoms with Crippen LogP contribution in [0.5, 0.6) is 0 Å². The normalized spacial score (nSPS) is 11.1. The van der Waals surface area contributed by atoms with Crippen LogP contribution in [0.4, 0.5) is 0 Å². The second kappa shape index (κ2) is 14.5. The Hall–Kier alpha value is -2.62. The van der Waals surface area contributed by atoms with E-state index < -0.39 is 0 Å². The van der Waals surface area contributed by atoms with E-state index in [1.54, 1.807) is 0 Å². The second-order valence-electron chi connectivity index (χ2n) is 9.30. The maximum absolute atomic E-state index is 12.0. The van der Waals surface area contributed by atoms with Gasteiger partial charge in [0.1, 0.15) is 13.2 Å². The van der Waals surface area contributed by atoms with Crippen LogP contribution < -0.4 is 0 Å². The molecule has 33 heavy (non-hydrogen) atoms. The van der Waals surface area contributed by atoms with Crippen LogP contribution in [0.1, 0.15) is 107 Å². The van der Waals surface area contributed by atoms with Gasteiger partial charge in [-0.2, -0.15) is 0 Å². The number of unbranched alkanes of at least 4 members (excludes halogenated alkanes) is 4. The first kappa shape index (κ1) is 26.6. The quantitative estimate of drug-likeness (QED) is 0.221. The molecule has 0 atom stereocenters. The van der Waals surface area contributed by atoms with Gasteiger partial charge in [0.25, 0.3) is 0 Å². The van der Waals surface area contributed by atoms with E-state index in [0.717, 1.165) is 43.2 Å². The second-order valence-corrected chi connectivity index (χ2v) is 9.30. The molecular weight excluding hydrogens is 412 g/mol. The number of benzene rings is 2. The zero-order valence-corrected chi connectivity index (χ0v) is 20.8. The fraction of sp³-hybridized carbons (Fsp3) is 0.517. The fourth-order valence-electron chi connectivity index (χ4n) is 3.99. The Kier molecular flexibility index (Phi) is 11.7. The molecule has 0 bridgehead atoms. The minimum absolute atomic E-state index is 0.140. The maximum Gasteiger partial charge on any atom is 0.306 e. The van der Waals surface area contributed by atoms with Gasteiger partial charge in [-0.1, -0.05) is 95.5 Å². The van der Waals surface area contributed by atoms with Crippen LogP contribution >= 0.6 is 0 Å². The lowest BCUT2D eigenvalue weighted by Crippen LogP contribution is -2.07. The third-order valence-electron chi connectivity index (χ3n) is 5.89. The molecule has 4 heteroatoms. The van der Waals surface area contributed by atoms with Gasteiger partial charge in [0, 0.05) is 12.8 Å². The first-order valence-electron chi connectivity index (χ1n) is 12.3. The summed E-state index contributed by atoms with van der Waals surface area (Å²) in [5.74, 6) is 0.540. The minimum atomic E-state index is -0.140. The largest absolute Gasteiger partial charge is 0.461 e. The van der Waals surface area contributed by atoms with E-state index in [0.29, 0.717) is 37.9 Å². The van der Waals surface area contributed by atoms with Gasteiger partial charge in [0.05, 0.1) is 0 Å². The van der Waals surface area contributed by atoms with Crippen LogP contribution in [0, 0.1) is 0 Å². The smallest absolute Gasteiger partial charge is 0.306 e. The van der Waals surface area contributed by atoms with Gasteiger partial charge in [-0.15, -0.1) is 0 Å². The van der Waals surface area contributed by atoms with Crippen molar-refractivity contribution < 1.29 is 19.1 Å². The summed E-state index contributed by atoms with van der Waals surface area (Å²) in [6, 6.07) is 16.2. The van der Waals surface area contributed by atoms with E-state index in [2.05, 4.69) is 39.8 Å². The molecule has 0 saturated heterocycles. The summed E-state index contributed by atoms with van der Waals surface area (Å²) >= 11 is 0. The Balaban J connectivity index is 1.53. The molecule has 2 aromatic carbocycles. The molecule has 0 unspecified atom stereocenters. The third-order valence-corrected chi connectivity index (χ3v) is 5.89. The molecule has 0 radical (unpaired) electrons. The van der Waals surface area contributed by atoms with Crippen LogP contribution in [0.3, 0.4) is 0 Å². The monoisotopic (exact) mass is 452 g/mol. The average Bonchev–Trinajstić information content (AvgIpc) is 2.81. The molecule has 0 amide bonds. The van der Waals surface area contributed by atoms with Crippen molar-refractivity contribution in [2.45, 2.75) is 97.7 Å². The van der Waals surface area contributed by atoms with Crippen LogP contribution in [0.15, 0.2) is 48.5 Å². The van der Waals surface area contributed by atoms with Crippen LogP contribution in [-0.4, -0.2) is 11.9 Å². The summed E-state index contributed by atoms with van der Waals surface area (Å²) in [7, 11) is 0. The van der Waals surface area contributed by atoms with Gasteiger partial charge in [0.15, 0.2) is 0 Å². The van der Waals surface area contributed by atoms with Crippen LogP contribution in [-0.2, 0) is 32.3 Å². The number of hydrogen-bond donors (Lipinski definition) is 0. The Morgan fingerprint density at radius 1 is 0.606 bits per heavy atom. The van der Waals surface area contributed by atoms with Crippen molar-refractivity contribution in [1.82, 2.24) is 0 Å². The first-order chi connectivity index (χ1) is 15.9. The van der Waals surface area contributed by atoms with Crippen molar-refractivity contribution in [2.24, 2.45) is 0 Å². The fourth-order valence-corrected chi connectivity index (χ4v) is 3.99. The number of rotatable bonds is 14. The van der Waals surface area contributed by atoms with Crippen molar-refractivity contribution >= 4 is 11.9 Å². The molecule has 0 aliphatic rings. The molecule has 180 valence electrons. The summed E-state index contributed by atoms with van der Waals surface area (Å²) in [5.41, 5.74) is 4.63. The van der Waals surface area contributed by atoms with Crippen LogP contribution in [0.2, 0.25) is 0 Å². The van der Waals surface area contributed by atoms with Crippen molar-refractivity contribution in [3.8, 4) is 0 Å². The molecule has 0 aromatic heterocycles. The summed E-state index contributed by atoms with van der Waals surface area (Å²) in [6.07, 6.45) is 5.47. The van der Waals surface area contributed by atoms with E-state index in [9.17, 15) is 9.59 Å². The number of carbonyl (C=O) groups is 2. The highest BCUT2D eigenvalue weighted by molar-refractivity contribution is 5.69. The molecule has 0 spiro atoms. The van der Waals surface area contributed by atoms with Gasteiger partial charge in [-0.05, 0) is 46.9 Å². The third kappa shape index (κ3) is 9.81. The predicted octanol–water partition coefficient (Wildman–Crippen LogP) is 7.45. The predicted molar refractivity (Wildman–Crippen MR) is 133 cm³/mol. The summed E-state index contributed by atoms with van der Waals surface area (Å²) in [6.45, 7) is 9.27. The van der Waals surface area contributed by atoms with Gasteiger partial charge in [0.2, 0.25) is 0 Å². The van der Waals surface area contributed by atoms with Crippen LogP contribution in [0.25, 0.3) is 0 Å². The number of hydrogen-bond acceptors (Lipinski definition) is 4. The van der Waals surface area contributed by atoms with E-state index in [-0.39, 0.29) is 11.9 Å². The lowest BCUT2D eigenvalue weighted by molar-refractivity contribution is -0.145. The molecule has 4 nitrogen and oxygen atoms in total. The first-order valence-corrected chi connectivity index (χ1v) is 12.3. The highest BCUT2D eigenvalue weighted by Crippen LogP contribution is 2.21. The molecular formula is C29H40O4. The number of esters is 2. The molecule has 0 aliphatic heterocycles. The van der Waals surface area contributed by atoms with Crippen molar-refractivity contribution in [2.75, 3.05) is 0 Å². The Labute approximate surface area is 199 Å². The maximum atomic E-state index is 12.0. The molecule has 0 fully saturated rings. The lowest BCUT2D eigenvalue weighted by Gasteiger charge is -2.13. The van der Waals surface area contributed by atoms with Crippen molar-refractivity contribution in [1.29, 1.82) is 0 Å². The average molecular weight is 453 g/mol. The molecule has 0 aliphatic carbocycles. The van der Waals surface area contributed by atoms with E-state index in [4.69, 9.17) is 9.47 Å². The Morgan fingerprint density at radius 3 is 1.36 bits per heavy atom. The summed E-state index contributed by atoms with van der Waals surface area (Å²) in [4.78, 5) is 24.1. The number of carbonyl (C=O) groups excluding carboxylic acids is 2. The SMILES string of the molecule is CC(C)c1ccccc1COC(=O)CCCCCCCC(=O)OCc1ccccc1C(C)C. The van der Waals surface area contributed by atoms with Gasteiger partial charge >= 0.3 is 11.9 Å². The van der Waals surface area contributed by atoms with Gasteiger partial charge in [-0.3, -0.25) is 9.59 Å². The highest BCUT2D eigenvalue weighted by Gasteiger charge is 2.10. The highest BCUT2D eigenvalue weighted by atomic mass is 16.5. The van der Waals surface area contributed by atoms with Crippen molar-refractivity contribution in [3.63, 3.8) is 0 Å². The topological polar surface area (TPSA) is 52.6 Å². The van der Waals surface area contributed by atoms with E-state index >= 15 is 0 Å². The molecule has 0 heterocycles. The molecule has 2 aromatic rings. The van der Waals surface area contributed by atoms with Gasteiger partial charge in [-0.25, -0.2) is 0 Å². The number of ether oxygens (including phenoxy) is 2. The summed E-state index contributed by atoms with van der Waals surface area (Å²) in [5, 5.41) is 0. The molecule has 2 rings (SSSR count). The minimum Gasteiger partial charge on any atom is -0.461 e.